The van der Waals surface area contributed by atoms with Crippen molar-refractivity contribution >= 4 is 0 Å². The van der Waals surface area contributed by atoms with E-state index in [0.717, 1.165) is 5.56 Å². The molecule has 0 amide bonds. The average Bonchev–Trinajstić information content (AvgIpc) is 3.10. The van der Waals surface area contributed by atoms with E-state index in [1.54, 1.807) is 10.9 Å². The lowest BCUT2D eigenvalue weighted by Gasteiger charge is -2.30. The van der Waals surface area contributed by atoms with Gasteiger partial charge in [0.15, 0.2) is 0 Å². The SMILES string of the molecule is CC(NCC(C)(O)c1cnn(C)c1)C(c1ccccc1)c1ccccc1. The first kappa shape index (κ1) is 18.4. The van der Waals surface area contributed by atoms with Gasteiger partial charge in [-0.25, -0.2) is 0 Å². The van der Waals surface area contributed by atoms with Gasteiger partial charge in [0.05, 0.1) is 6.20 Å². The van der Waals surface area contributed by atoms with Crippen LogP contribution in [0.3, 0.4) is 0 Å². The second kappa shape index (κ2) is 7.85. The number of aromatic nitrogens is 2. The number of hydrogen-bond donors (Lipinski definition) is 2. The van der Waals surface area contributed by atoms with Crippen molar-refractivity contribution in [1.29, 1.82) is 0 Å². The summed E-state index contributed by atoms with van der Waals surface area (Å²) in [6.07, 6.45) is 3.58. The second-order valence-corrected chi connectivity index (χ2v) is 7.15. The summed E-state index contributed by atoms with van der Waals surface area (Å²) in [5.41, 5.74) is 2.37. The zero-order valence-electron chi connectivity index (χ0n) is 15.6. The van der Waals surface area contributed by atoms with Crippen LogP contribution in [0.25, 0.3) is 0 Å². The number of aryl methyl sites for hydroxylation is 1. The number of hydrogen-bond acceptors (Lipinski definition) is 3. The van der Waals surface area contributed by atoms with E-state index in [2.05, 4.69) is 65.9 Å². The standard InChI is InChI=1S/C22H27N3O/c1-17(23-16-22(2,26)20-14-24-25(3)15-20)21(18-10-6-4-7-11-18)19-12-8-5-9-13-19/h4-15,17,21,23,26H,16H2,1-3H3. The van der Waals surface area contributed by atoms with Crippen molar-refractivity contribution in [2.24, 2.45) is 7.05 Å². The molecule has 0 aliphatic carbocycles. The van der Waals surface area contributed by atoms with Crippen molar-refractivity contribution < 1.29 is 5.11 Å². The zero-order valence-corrected chi connectivity index (χ0v) is 15.6. The molecule has 2 atom stereocenters. The lowest BCUT2D eigenvalue weighted by atomic mass is 9.85. The molecule has 2 aromatic carbocycles. The van der Waals surface area contributed by atoms with E-state index in [9.17, 15) is 5.11 Å². The molecule has 4 heteroatoms. The van der Waals surface area contributed by atoms with Gasteiger partial charge in [-0.1, -0.05) is 60.7 Å². The maximum absolute atomic E-state index is 10.9. The molecule has 2 unspecified atom stereocenters. The number of nitrogens with one attached hydrogen (secondary N) is 1. The molecule has 0 aliphatic rings. The van der Waals surface area contributed by atoms with Crippen LogP contribution >= 0.6 is 0 Å². The minimum Gasteiger partial charge on any atom is -0.384 e. The van der Waals surface area contributed by atoms with Crippen molar-refractivity contribution in [2.75, 3.05) is 6.54 Å². The molecule has 0 saturated carbocycles. The Morgan fingerprint density at radius 3 is 2.04 bits per heavy atom. The fraction of sp³-hybridized carbons (Fsp3) is 0.318. The van der Waals surface area contributed by atoms with E-state index in [4.69, 9.17) is 0 Å². The first-order chi connectivity index (χ1) is 12.5. The van der Waals surface area contributed by atoms with Crippen molar-refractivity contribution in [2.45, 2.75) is 31.4 Å². The summed E-state index contributed by atoms with van der Waals surface area (Å²) >= 11 is 0. The molecule has 26 heavy (non-hydrogen) atoms. The summed E-state index contributed by atoms with van der Waals surface area (Å²) in [6.45, 7) is 4.45. The first-order valence-electron chi connectivity index (χ1n) is 9.02. The summed E-state index contributed by atoms with van der Waals surface area (Å²) in [6, 6.07) is 21.2. The maximum Gasteiger partial charge on any atom is 0.102 e. The summed E-state index contributed by atoms with van der Waals surface area (Å²) in [5.74, 6) is 0.210. The highest BCUT2D eigenvalue weighted by molar-refractivity contribution is 5.34. The summed E-state index contributed by atoms with van der Waals surface area (Å²) in [7, 11) is 1.86. The molecule has 0 saturated heterocycles. The van der Waals surface area contributed by atoms with E-state index in [-0.39, 0.29) is 12.0 Å². The van der Waals surface area contributed by atoms with E-state index in [1.165, 1.54) is 11.1 Å². The van der Waals surface area contributed by atoms with Gasteiger partial charge >= 0.3 is 0 Å². The predicted molar refractivity (Wildman–Crippen MR) is 105 cm³/mol. The smallest absolute Gasteiger partial charge is 0.102 e. The maximum atomic E-state index is 10.9. The molecular weight excluding hydrogens is 322 g/mol. The van der Waals surface area contributed by atoms with Crippen LogP contribution in [0.4, 0.5) is 0 Å². The summed E-state index contributed by atoms with van der Waals surface area (Å²) < 4.78 is 1.71. The van der Waals surface area contributed by atoms with E-state index >= 15 is 0 Å². The quantitative estimate of drug-likeness (QED) is 0.687. The molecule has 0 aliphatic heterocycles. The molecule has 0 fully saturated rings. The topological polar surface area (TPSA) is 50.1 Å². The van der Waals surface area contributed by atoms with Gasteiger partial charge in [-0.3, -0.25) is 4.68 Å². The number of nitrogens with zero attached hydrogens (tertiary/aromatic N) is 2. The zero-order chi connectivity index (χ0) is 18.6. The van der Waals surface area contributed by atoms with Crippen molar-refractivity contribution in [3.05, 3.63) is 89.7 Å². The van der Waals surface area contributed by atoms with Crippen molar-refractivity contribution in [1.82, 2.24) is 15.1 Å². The molecular formula is C22H27N3O. The van der Waals surface area contributed by atoms with Gasteiger partial charge < -0.3 is 10.4 Å². The van der Waals surface area contributed by atoms with Gasteiger partial charge in [-0.15, -0.1) is 0 Å². The molecule has 1 aromatic heterocycles. The Balaban J connectivity index is 1.79. The van der Waals surface area contributed by atoms with Gasteiger partial charge in [0.1, 0.15) is 5.60 Å². The van der Waals surface area contributed by atoms with Crippen LogP contribution < -0.4 is 5.32 Å². The highest BCUT2D eigenvalue weighted by Gasteiger charge is 2.28. The first-order valence-corrected chi connectivity index (χ1v) is 9.02. The molecule has 3 aromatic rings. The molecule has 136 valence electrons. The van der Waals surface area contributed by atoms with Crippen molar-refractivity contribution in [3.8, 4) is 0 Å². The van der Waals surface area contributed by atoms with Crippen LogP contribution in [-0.4, -0.2) is 27.5 Å². The summed E-state index contributed by atoms with van der Waals surface area (Å²) in [4.78, 5) is 0. The molecule has 0 radical (unpaired) electrons. The van der Waals surface area contributed by atoms with Gasteiger partial charge in [0, 0.05) is 37.3 Å². The van der Waals surface area contributed by atoms with E-state index in [1.807, 2.05) is 32.3 Å². The fourth-order valence-electron chi connectivity index (χ4n) is 3.37. The molecule has 0 spiro atoms. The highest BCUT2D eigenvalue weighted by Crippen LogP contribution is 2.28. The third-order valence-corrected chi connectivity index (χ3v) is 4.91. The number of rotatable bonds is 7. The van der Waals surface area contributed by atoms with Gasteiger partial charge in [0.25, 0.3) is 0 Å². The molecule has 2 N–H and O–H groups in total. The van der Waals surface area contributed by atoms with Crippen LogP contribution in [-0.2, 0) is 12.6 Å². The van der Waals surface area contributed by atoms with Crippen LogP contribution in [0.15, 0.2) is 73.1 Å². The summed E-state index contributed by atoms with van der Waals surface area (Å²) in [5, 5.41) is 18.6. The van der Waals surface area contributed by atoms with Crippen LogP contribution in [0, 0.1) is 0 Å². The Morgan fingerprint density at radius 1 is 1.04 bits per heavy atom. The normalized spacial score (nSPS) is 15.0. The van der Waals surface area contributed by atoms with E-state index in [0.29, 0.717) is 6.54 Å². The van der Waals surface area contributed by atoms with Crippen molar-refractivity contribution in [3.63, 3.8) is 0 Å². The predicted octanol–water partition coefficient (Wildman–Crippen LogP) is 3.44. The molecule has 0 bridgehead atoms. The molecule has 1 heterocycles. The third kappa shape index (κ3) is 4.21. The minimum absolute atomic E-state index is 0.156. The Bertz CT molecular complexity index is 772. The Hall–Kier alpha value is -2.43. The van der Waals surface area contributed by atoms with Gasteiger partial charge in [-0.05, 0) is 25.0 Å². The lowest BCUT2D eigenvalue weighted by molar-refractivity contribution is 0.0537. The number of aliphatic hydroxyl groups is 1. The van der Waals surface area contributed by atoms with Crippen LogP contribution in [0.1, 0.15) is 36.5 Å². The fourth-order valence-corrected chi connectivity index (χ4v) is 3.37. The minimum atomic E-state index is -0.972. The third-order valence-electron chi connectivity index (χ3n) is 4.91. The largest absolute Gasteiger partial charge is 0.384 e. The van der Waals surface area contributed by atoms with E-state index < -0.39 is 5.60 Å². The Morgan fingerprint density at radius 2 is 1.58 bits per heavy atom. The average molecular weight is 349 g/mol. The lowest BCUT2D eigenvalue weighted by Crippen LogP contribution is -2.42. The second-order valence-electron chi connectivity index (χ2n) is 7.15. The monoisotopic (exact) mass is 349 g/mol. The Labute approximate surface area is 155 Å². The van der Waals surface area contributed by atoms with Crippen LogP contribution in [0.2, 0.25) is 0 Å². The number of benzene rings is 2. The molecule has 3 rings (SSSR count). The van der Waals surface area contributed by atoms with Crippen LogP contribution in [0.5, 0.6) is 0 Å². The van der Waals surface area contributed by atoms with Gasteiger partial charge in [0.2, 0.25) is 0 Å². The molecule has 4 nitrogen and oxygen atoms in total. The Kier molecular flexibility index (Phi) is 5.55. The highest BCUT2D eigenvalue weighted by atomic mass is 16.3. The van der Waals surface area contributed by atoms with Gasteiger partial charge in [-0.2, -0.15) is 5.10 Å².